The number of hydrogen-bond acceptors (Lipinski definition) is 6. The van der Waals surface area contributed by atoms with Crippen LogP contribution in [0.25, 0.3) is 5.57 Å². The molecule has 2 heterocycles. The van der Waals surface area contributed by atoms with Crippen LogP contribution in [-0.2, 0) is 15.0 Å². The fraction of sp³-hybridized carbons (Fsp3) is 0.231. The fourth-order valence-electron chi connectivity index (χ4n) is 3.68. The van der Waals surface area contributed by atoms with Crippen molar-refractivity contribution in [2.75, 3.05) is 24.4 Å². The van der Waals surface area contributed by atoms with Crippen molar-refractivity contribution in [2.45, 2.75) is 26.2 Å². The maximum absolute atomic E-state index is 13.6. The van der Waals surface area contributed by atoms with Gasteiger partial charge in [-0.1, -0.05) is 39.0 Å². The summed E-state index contributed by atoms with van der Waals surface area (Å²) in [7, 11) is 3.11. The van der Waals surface area contributed by atoms with Crippen molar-refractivity contribution in [1.29, 1.82) is 0 Å². The van der Waals surface area contributed by atoms with Crippen LogP contribution < -0.4 is 19.7 Å². The Labute approximate surface area is 197 Å². The van der Waals surface area contributed by atoms with Crippen molar-refractivity contribution < 1.29 is 19.1 Å². The third-order valence-corrected chi connectivity index (χ3v) is 6.40. The lowest BCUT2D eigenvalue weighted by Gasteiger charge is -2.21. The van der Waals surface area contributed by atoms with Crippen LogP contribution in [0.3, 0.4) is 0 Å². The van der Waals surface area contributed by atoms with E-state index in [4.69, 9.17) is 9.47 Å². The molecule has 0 saturated carbocycles. The first-order valence-electron chi connectivity index (χ1n) is 10.5. The van der Waals surface area contributed by atoms with E-state index in [1.165, 1.54) is 16.2 Å². The highest BCUT2D eigenvalue weighted by Gasteiger charge is 2.41. The lowest BCUT2D eigenvalue weighted by Crippen LogP contribution is -2.32. The predicted octanol–water partition coefficient (Wildman–Crippen LogP) is 5.46. The fourth-order valence-corrected chi connectivity index (χ4v) is 4.44. The largest absolute Gasteiger partial charge is 0.497 e. The van der Waals surface area contributed by atoms with E-state index in [1.807, 2.05) is 41.8 Å². The number of nitrogens with one attached hydrogen (secondary N) is 1. The summed E-state index contributed by atoms with van der Waals surface area (Å²) in [4.78, 5) is 29.0. The molecule has 7 heteroatoms. The molecule has 4 rings (SSSR count). The summed E-state index contributed by atoms with van der Waals surface area (Å²) in [6.45, 7) is 6.36. The van der Waals surface area contributed by atoms with E-state index >= 15 is 0 Å². The molecule has 1 N–H and O–H groups in total. The van der Waals surface area contributed by atoms with Gasteiger partial charge in [0.15, 0.2) is 0 Å². The number of thiophene rings is 1. The monoisotopic (exact) mass is 462 g/mol. The van der Waals surface area contributed by atoms with E-state index in [1.54, 1.807) is 32.4 Å². The number of rotatable bonds is 6. The molecule has 0 atom stereocenters. The van der Waals surface area contributed by atoms with E-state index in [-0.39, 0.29) is 17.0 Å². The molecule has 3 aromatic rings. The van der Waals surface area contributed by atoms with Gasteiger partial charge >= 0.3 is 0 Å². The van der Waals surface area contributed by atoms with Gasteiger partial charge in [0.2, 0.25) is 0 Å². The molecule has 170 valence electrons. The molecule has 0 aliphatic carbocycles. The van der Waals surface area contributed by atoms with Gasteiger partial charge in [-0.25, -0.2) is 4.90 Å². The van der Waals surface area contributed by atoms with Crippen LogP contribution in [-0.4, -0.2) is 26.0 Å². The minimum atomic E-state index is -0.412. The highest BCUT2D eigenvalue weighted by atomic mass is 32.1. The van der Waals surface area contributed by atoms with Crippen LogP contribution >= 0.6 is 11.3 Å². The molecule has 33 heavy (non-hydrogen) atoms. The number of carbonyl (C=O) groups is 2. The van der Waals surface area contributed by atoms with Crippen LogP contribution in [0.15, 0.2) is 65.7 Å². The Balaban J connectivity index is 1.76. The predicted molar refractivity (Wildman–Crippen MR) is 132 cm³/mol. The Morgan fingerprint density at radius 2 is 1.64 bits per heavy atom. The van der Waals surface area contributed by atoms with Crippen molar-refractivity contribution >= 4 is 40.1 Å². The number of imide groups is 1. The molecule has 1 aromatic heterocycles. The smallest absolute Gasteiger partial charge is 0.282 e. The summed E-state index contributed by atoms with van der Waals surface area (Å²) >= 11 is 1.41. The summed E-state index contributed by atoms with van der Waals surface area (Å²) in [5.74, 6) is 0.352. The van der Waals surface area contributed by atoms with E-state index < -0.39 is 5.91 Å². The molecule has 0 bridgehead atoms. The quantitative estimate of drug-likeness (QED) is 0.493. The zero-order valence-corrected chi connectivity index (χ0v) is 20.1. The molecule has 0 unspecified atom stereocenters. The van der Waals surface area contributed by atoms with Crippen molar-refractivity contribution in [3.8, 4) is 11.5 Å². The maximum Gasteiger partial charge on any atom is 0.282 e. The number of anilines is 2. The number of carbonyl (C=O) groups excluding carboxylic acids is 2. The second-order valence-electron chi connectivity index (χ2n) is 8.66. The lowest BCUT2D eigenvalue weighted by atomic mass is 9.87. The van der Waals surface area contributed by atoms with E-state index in [2.05, 4.69) is 26.1 Å². The van der Waals surface area contributed by atoms with Gasteiger partial charge in [-0.2, -0.15) is 0 Å². The Morgan fingerprint density at radius 1 is 0.909 bits per heavy atom. The Hall–Kier alpha value is -3.58. The molecular weight excluding hydrogens is 436 g/mol. The second-order valence-corrected chi connectivity index (χ2v) is 9.61. The molecule has 2 aromatic carbocycles. The zero-order chi connectivity index (χ0) is 23.8. The number of benzene rings is 2. The summed E-state index contributed by atoms with van der Waals surface area (Å²) in [6.07, 6.45) is 0. The summed E-state index contributed by atoms with van der Waals surface area (Å²) in [5, 5.41) is 5.04. The molecule has 1 aliphatic rings. The van der Waals surface area contributed by atoms with Gasteiger partial charge in [0.1, 0.15) is 17.2 Å². The van der Waals surface area contributed by atoms with Crippen molar-refractivity contribution in [3.05, 3.63) is 76.1 Å². The van der Waals surface area contributed by atoms with Crippen LogP contribution in [0.5, 0.6) is 11.5 Å². The van der Waals surface area contributed by atoms with Gasteiger partial charge in [-0.05, 0) is 46.7 Å². The average molecular weight is 463 g/mol. The first kappa shape index (κ1) is 22.6. The number of methoxy groups -OCH3 is 2. The zero-order valence-electron chi connectivity index (χ0n) is 19.3. The van der Waals surface area contributed by atoms with Gasteiger partial charge in [-0.15, -0.1) is 11.3 Å². The molecule has 0 radical (unpaired) electrons. The molecular formula is C26H26N2O4S. The molecule has 0 fully saturated rings. The Kier molecular flexibility index (Phi) is 5.99. The number of hydrogen-bond donors (Lipinski definition) is 1. The average Bonchev–Trinajstić information content (AvgIpc) is 3.40. The second kappa shape index (κ2) is 8.75. The van der Waals surface area contributed by atoms with E-state index in [0.29, 0.717) is 28.4 Å². The number of nitrogens with zero attached hydrogens (tertiary/aromatic N) is 1. The highest BCUT2D eigenvalue weighted by Crippen LogP contribution is 2.38. The van der Waals surface area contributed by atoms with Gasteiger partial charge in [-0.3, -0.25) is 9.59 Å². The topological polar surface area (TPSA) is 67.9 Å². The van der Waals surface area contributed by atoms with Crippen molar-refractivity contribution in [2.24, 2.45) is 0 Å². The summed E-state index contributed by atoms with van der Waals surface area (Å²) in [5.41, 5.74) is 2.74. The highest BCUT2D eigenvalue weighted by molar-refractivity contribution is 7.11. The molecule has 0 spiro atoms. The maximum atomic E-state index is 13.6. The Morgan fingerprint density at radius 3 is 2.21 bits per heavy atom. The van der Waals surface area contributed by atoms with Crippen LogP contribution in [0, 0.1) is 0 Å². The third-order valence-electron chi connectivity index (χ3n) is 5.51. The van der Waals surface area contributed by atoms with Crippen molar-refractivity contribution in [3.63, 3.8) is 0 Å². The minimum absolute atomic E-state index is 0.0322. The first-order valence-corrected chi connectivity index (χ1v) is 11.4. The van der Waals surface area contributed by atoms with Crippen LogP contribution in [0.4, 0.5) is 11.4 Å². The molecule has 2 amide bonds. The van der Waals surface area contributed by atoms with Gasteiger partial charge in [0.05, 0.1) is 31.2 Å². The molecule has 6 nitrogen and oxygen atoms in total. The summed E-state index contributed by atoms with van der Waals surface area (Å²) < 4.78 is 10.7. The van der Waals surface area contributed by atoms with Crippen molar-refractivity contribution in [1.82, 2.24) is 0 Å². The van der Waals surface area contributed by atoms with Gasteiger partial charge in [0.25, 0.3) is 11.8 Å². The number of amides is 2. The summed E-state index contributed by atoms with van der Waals surface area (Å²) in [6, 6.07) is 16.5. The van der Waals surface area contributed by atoms with Crippen LogP contribution in [0.2, 0.25) is 0 Å². The number of ether oxygens (including phenoxy) is 2. The standard InChI is InChI=1S/C26H26N2O4S/c1-26(2,3)16-8-10-17(11-9-16)28-24(29)22(21-7-6-14-33-21)23(25(28)30)27-19-13-12-18(31-4)15-20(19)32-5/h6-15,27H,1-5H3. The van der Waals surface area contributed by atoms with Gasteiger partial charge < -0.3 is 14.8 Å². The first-order chi connectivity index (χ1) is 15.7. The molecule has 1 aliphatic heterocycles. The van der Waals surface area contributed by atoms with Gasteiger partial charge in [0, 0.05) is 10.9 Å². The molecule has 0 saturated heterocycles. The normalized spacial score (nSPS) is 14.2. The van der Waals surface area contributed by atoms with Crippen LogP contribution in [0.1, 0.15) is 31.2 Å². The third kappa shape index (κ3) is 4.24. The lowest BCUT2D eigenvalue weighted by molar-refractivity contribution is -0.120. The van der Waals surface area contributed by atoms with E-state index in [9.17, 15) is 9.59 Å². The Bertz CT molecular complexity index is 1220. The van der Waals surface area contributed by atoms with E-state index in [0.717, 1.165) is 10.4 Å². The SMILES string of the molecule is COc1ccc(NC2=C(c3cccs3)C(=O)N(c3ccc(C(C)(C)C)cc3)C2=O)c(OC)c1. The minimum Gasteiger partial charge on any atom is -0.497 e.